The van der Waals surface area contributed by atoms with Gasteiger partial charge >= 0.3 is 5.97 Å². The summed E-state index contributed by atoms with van der Waals surface area (Å²) in [5, 5.41) is 17.9. The molecule has 104 valence electrons. The van der Waals surface area contributed by atoms with E-state index in [2.05, 4.69) is 4.98 Å². The Balaban J connectivity index is 2.00. The van der Waals surface area contributed by atoms with E-state index < -0.39 is 5.97 Å². The molecule has 1 aliphatic heterocycles. The van der Waals surface area contributed by atoms with E-state index in [1.54, 1.807) is 12.3 Å². The van der Waals surface area contributed by atoms with Crippen LogP contribution in [0.1, 0.15) is 23.2 Å². The van der Waals surface area contributed by atoms with Crippen LogP contribution in [0, 0.1) is 0 Å². The van der Waals surface area contributed by atoms with Crippen LogP contribution in [-0.2, 0) is 4.74 Å². The number of rotatable bonds is 5. The molecule has 6 heteroatoms. The summed E-state index contributed by atoms with van der Waals surface area (Å²) in [6.45, 7) is 1.90. The van der Waals surface area contributed by atoms with E-state index in [1.165, 1.54) is 6.20 Å². The number of nitrogens with zero attached hydrogens (tertiary/aromatic N) is 2. The standard InChI is InChI=1S/C13H18N2O4/c16-7-8-19-10-2-5-15(6-3-10)12-1-4-14-9-11(12)13(17)18/h1,4,9-10,16H,2-3,5-8H2,(H,17,18). The molecule has 1 aromatic rings. The Morgan fingerprint density at radius 1 is 1.47 bits per heavy atom. The lowest BCUT2D eigenvalue weighted by molar-refractivity contribution is 0.0159. The number of pyridine rings is 1. The van der Waals surface area contributed by atoms with Crippen LogP contribution in [0.5, 0.6) is 0 Å². The maximum absolute atomic E-state index is 11.2. The van der Waals surface area contributed by atoms with Crippen molar-refractivity contribution in [2.75, 3.05) is 31.2 Å². The Kier molecular flexibility index (Phi) is 4.70. The van der Waals surface area contributed by atoms with Gasteiger partial charge in [-0.05, 0) is 18.9 Å². The monoisotopic (exact) mass is 266 g/mol. The number of anilines is 1. The number of piperidine rings is 1. The molecule has 0 atom stereocenters. The largest absolute Gasteiger partial charge is 0.478 e. The van der Waals surface area contributed by atoms with E-state index in [1.807, 2.05) is 4.90 Å². The maximum atomic E-state index is 11.2. The van der Waals surface area contributed by atoms with Gasteiger partial charge in [0.15, 0.2) is 0 Å². The second-order valence-corrected chi connectivity index (χ2v) is 4.48. The second kappa shape index (κ2) is 6.49. The molecule has 0 radical (unpaired) electrons. The van der Waals surface area contributed by atoms with Gasteiger partial charge in [-0.1, -0.05) is 0 Å². The first-order chi connectivity index (χ1) is 9.22. The summed E-state index contributed by atoms with van der Waals surface area (Å²) in [6.07, 6.45) is 4.81. The Morgan fingerprint density at radius 3 is 2.84 bits per heavy atom. The highest BCUT2D eigenvalue weighted by Crippen LogP contribution is 2.24. The lowest BCUT2D eigenvalue weighted by atomic mass is 10.1. The predicted octanol–water partition coefficient (Wildman–Crippen LogP) is 0.757. The zero-order valence-electron chi connectivity index (χ0n) is 10.7. The smallest absolute Gasteiger partial charge is 0.339 e. The van der Waals surface area contributed by atoms with Gasteiger partial charge in [-0.3, -0.25) is 4.98 Å². The molecule has 2 rings (SSSR count). The van der Waals surface area contributed by atoms with Crippen LogP contribution in [0.3, 0.4) is 0 Å². The molecule has 0 spiro atoms. The molecule has 19 heavy (non-hydrogen) atoms. The molecule has 0 amide bonds. The van der Waals surface area contributed by atoms with Crippen molar-refractivity contribution in [1.29, 1.82) is 0 Å². The third-order valence-electron chi connectivity index (χ3n) is 3.26. The molecule has 1 aliphatic rings. The molecule has 6 nitrogen and oxygen atoms in total. The van der Waals surface area contributed by atoms with Crippen molar-refractivity contribution in [3.05, 3.63) is 24.0 Å². The van der Waals surface area contributed by atoms with Crippen LogP contribution in [0.2, 0.25) is 0 Å². The maximum Gasteiger partial charge on any atom is 0.339 e. The number of carboxylic acids is 1. The number of ether oxygens (including phenoxy) is 1. The molecule has 1 saturated heterocycles. The van der Waals surface area contributed by atoms with Gasteiger partial charge in [-0.2, -0.15) is 0 Å². The van der Waals surface area contributed by atoms with Crippen LogP contribution in [-0.4, -0.2) is 53.6 Å². The molecule has 2 heterocycles. The van der Waals surface area contributed by atoms with E-state index in [0.29, 0.717) is 12.3 Å². The number of aromatic nitrogens is 1. The fraction of sp³-hybridized carbons (Fsp3) is 0.538. The fourth-order valence-corrected chi connectivity index (χ4v) is 2.31. The van der Waals surface area contributed by atoms with Crippen LogP contribution in [0.25, 0.3) is 0 Å². The summed E-state index contributed by atoms with van der Waals surface area (Å²) in [6, 6.07) is 1.73. The molecule has 0 aliphatic carbocycles. The van der Waals surface area contributed by atoms with Crippen molar-refractivity contribution in [2.45, 2.75) is 18.9 Å². The van der Waals surface area contributed by atoms with E-state index in [9.17, 15) is 4.79 Å². The first-order valence-corrected chi connectivity index (χ1v) is 6.37. The van der Waals surface area contributed by atoms with Crippen LogP contribution in [0.15, 0.2) is 18.5 Å². The van der Waals surface area contributed by atoms with Gasteiger partial charge in [0.05, 0.1) is 25.0 Å². The normalized spacial score (nSPS) is 16.6. The van der Waals surface area contributed by atoms with E-state index in [0.717, 1.165) is 25.9 Å². The summed E-state index contributed by atoms with van der Waals surface area (Å²) in [4.78, 5) is 17.1. The van der Waals surface area contributed by atoms with Gasteiger partial charge in [-0.25, -0.2) is 4.79 Å². The van der Waals surface area contributed by atoms with Crippen molar-refractivity contribution in [3.8, 4) is 0 Å². The molecular weight excluding hydrogens is 248 g/mol. The quantitative estimate of drug-likeness (QED) is 0.818. The van der Waals surface area contributed by atoms with Gasteiger partial charge < -0.3 is 19.8 Å². The first-order valence-electron chi connectivity index (χ1n) is 6.37. The van der Waals surface area contributed by atoms with Crippen molar-refractivity contribution in [3.63, 3.8) is 0 Å². The number of aliphatic hydroxyl groups is 1. The Labute approximate surface area is 111 Å². The van der Waals surface area contributed by atoms with Crippen molar-refractivity contribution >= 4 is 11.7 Å². The summed E-state index contributed by atoms with van der Waals surface area (Å²) in [5.41, 5.74) is 0.945. The number of aliphatic hydroxyl groups excluding tert-OH is 1. The van der Waals surface area contributed by atoms with Crippen molar-refractivity contribution in [2.24, 2.45) is 0 Å². The second-order valence-electron chi connectivity index (χ2n) is 4.48. The van der Waals surface area contributed by atoms with Gasteiger partial charge in [0.2, 0.25) is 0 Å². The first kappa shape index (κ1) is 13.8. The summed E-state index contributed by atoms with van der Waals surface area (Å²) < 4.78 is 5.49. The lowest BCUT2D eigenvalue weighted by Gasteiger charge is -2.34. The number of carboxylic acid groups (broad SMARTS) is 1. The molecule has 2 N–H and O–H groups in total. The summed E-state index contributed by atoms with van der Waals surface area (Å²) >= 11 is 0. The molecule has 0 bridgehead atoms. The fourth-order valence-electron chi connectivity index (χ4n) is 2.31. The van der Waals surface area contributed by atoms with Gasteiger partial charge in [0.25, 0.3) is 0 Å². The van der Waals surface area contributed by atoms with Crippen molar-refractivity contribution in [1.82, 2.24) is 4.98 Å². The molecule has 0 unspecified atom stereocenters. The van der Waals surface area contributed by atoms with Gasteiger partial charge in [0.1, 0.15) is 5.56 Å². The molecule has 0 aromatic carbocycles. The SMILES string of the molecule is O=C(O)c1cnccc1N1CCC(OCCO)CC1. The zero-order valence-corrected chi connectivity index (χ0v) is 10.7. The number of carbonyl (C=O) groups is 1. The lowest BCUT2D eigenvalue weighted by Crippen LogP contribution is -2.38. The van der Waals surface area contributed by atoms with Crippen molar-refractivity contribution < 1.29 is 19.7 Å². The minimum atomic E-state index is -0.957. The third kappa shape index (κ3) is 3.42. The molecule has 1 aromatic heterocycles. The van der Waals surface area contributed by atoms with Crippen LogP contribution < -0.4 is 4.90 Å². The highest BCUT2D eigenvalue weighted by atomic mass is 16.5. The average Bonchev–Trinajstić information content (AvgIpc) is 2.45. The Bertz CT molecular complexity index is 430. The predicted molar refractivity (Wildman–Crippen MR) is 69.5 cm³/mol. The van der Waals surface area contributed by atoms with E-state index >= 15 is 0 Å². The summed E-state index contributed by atoms with van der Waals surface area (Å²) in [5.74, 6) is -0.957. The highest BCUT2D eigenvalue weighted by Gasteiger charge is 2.23. The molecule has 1 fully saturated rings. The van der Waals surface area contributed by atoms with Gasteiger partial charge in [-0.15, -0.1) is 0 Å². The number of hydrogen-bond acceptors (Lipinski definition) is 5. The minimum Gasteiger partial charge on any atom is -0.478 e. The van der Waals surface area contributed by atoms with E-state index in [4.69, 9.17) is 14.9 Å². The van der Waals surface area contributed by atoms with Gasteiger partial charge in [0, 0.05) is 25.5 Å². The molecular formula is C13H18N2O4. The zero-order chi connectivity index (χ0) is 13.7. The Morgan fingerprint density at radius 2 is 2.21 bits per heavy atom. The van der Waals surface area contributed by atoms with Crippen LogP contribution >= 0.6 is 0 Å². The van der Waals surface area contributed by atoms with Crippen LogP contribution in [0.4, 0.5) is 5.69 Å². The Hall–Kier alpha value is -1.66. The summed E-state index contributed by atoms with van der Waals surface area (Å²) in [7, 11) is 0. The average molecular weight is 266 g/mol. The highest BCUT2D eigenvalue weighted by molar-refractivity contribution is 5.94. The topological polar surface area (TPSA) is 82.9 Å². The van der Waals surface area contributed by atoms with E-state index in [-0.39, 0.29) is 18.3 Å². The third-order valence-corrected chi connectivity index (χ3v) is 3.26. The number of hydrogen-bond donors (Lipinski definition) is 2. The number of aromatic carboxylic acids is 1. The molecule has 0 saturated carbocycles. The minimum absolute atomic E-state index is 0.0354.